The Balaban J connectivity index is 2.74. The maximum Gasteiger partial charge on any atom is 0.323 e. The van der Waals surface area contributed by atoms with Gasteiger partial charge in [0.1, 0.15) is 6.04 Å². The number of esters is 2. The van der Waals surface area contributed by atoms with Gasteiger partial charge < -0.3 is 9.47 Å². The van der Waals surface area contributed by atoms with Crippen molar-refractivity contribution in [3.8, 4) is 0 Å². The highest BCUT2D eigenvalue weighted by atomic mass is 16.5. The van der Waals surface area contributed by atoms with Gasteiger partial charge in [0.2, 0.25) is 0 Å². The standard InChI is InChI=1S/C13H23NO4/c1-6-18-11(15)10(3)14-7-9(2)13(4,8-14)12(16)17-5/h9-10H,6-8H2,1-5H3/t9-,10-,13-/m1/s1. The van der Waals surface area contributed by atoms with Crippen molar-refractivity contribution in [3.63, 3.8) is 0 Å². The van der Waals surface area contributed by atoms with Crippen molar-refractivity contribution >= 4 is 11.9 Å². The Hall–Kier alpha value is -1.10. The summed E-state index contributed by atoms with van der Waals surface area (Å²) in [7, 11) is 1.40. The summed E-state index contributed by atoms with van der Waals surface area (Å²) in [5.41, 5.74) is -0.546. The van der Waals surface area contributed by atoms with Gasteiger partial charge in [-0.3, -0.25) is 14.5 Å². The topological polar surface area (TPSA) is 55.8 Å². The van der Waals surface area contributed by atoms with E-state index >= 15 is 0 Å². The fraction of sp³-hybridized carbons (Fsp3) is 0.846. The van der Waals surface area contributed by atoms with Crippen LogP contribution in [-0.4, -0.2) is 49.7 Å². The molecule has 5 heteroatoms. The van der Waals surface area contributed by atoms with Crippen LogP contribution in [0.15, 0.2) is 0 Å². The third kappa shape index (κ3) is 2.66. The molecule has 0 bridgehead atoms. The quantitative estimate of drug-likeness (QED) is 0.705. The molecule has 0 N–H and O–H groups in total. The summed E-state index contributed by atoms with van der Waals surface area (Å²) in [6, 6.07) is -0.320. The van der Waals surface area contributed by atoms with Crippen molar-refractivity contribution in [2.45, 2.75) is 33.7 Å². The first-order valence-corrected chi connectivity index (χ1v) is 6.36. The number of hydrogen-bond acceptors (Lipinski definition) is 5. The lowest BCUT2D eigenvalue weighted by molar-refractivity contribution is -0.154. The lowest BCUT2D eigenvalue weighted by atomic mass is 9.81. The van der Waals surface area contributed by atoms with Gasteiger partial charge in [-0.25, -0.2) is 0 Å². The van der Waals surface area contributed by atoms with Crippen LogP contribution in [0.2, 0.25) is 0 Å². The Morgan fingerprint density at radius 2 is 2.11 bits per heavy atom. The lowest BCUT2D eigenvalue weighted by Gasteiger charge is -2.26. The number of rotatable bonds is 4. The molecule has 1 heterocycles. The molecule has 104 valence electrons. The van der Waals surface area contributed by atoms with Gasteiger partial charge in [0.15, 0.2) is 0 Å². The van der Waals surface area contributed by atoms with E-state index in [9.17, 15) is 9.59 Å². The molecule has 0 radical (unpaired) electrons. The number of likely N-dealkylation sites (tertiary alicyclic amines) is 1. The van der Waals surface area contributed by atoms with E-state index < -0.39 is 5.41 Å². The van der Waals surface area contributed by atoms with E-state index in [1.165, 1.54) is 7.11 Å². The van der Waals surface area contributed by atoms with E-state index in [1.807, 2.05) is 25.7 Å². The minimum absolute atomic E-state index is 0.154. The van der Waals surface area contributed by atoms with Crippen LogP contribution >= 0.6 is 0 Å². The third-order valence-corrected chi connectivity index (χ3v) is 3.95. The Morgan fingerprint density at radius 3 is 2.61 bits per heavy atom. The summed E-state index contributed by atoms with van der Waals surface area (Å²) in [4.78, 5) is 25.5. The van der Waals surface area contributed by atoms with Gasteiger partial charge in [0.25, 0.3) is 0 Å². The molecule has 0 spiro atoms. The van der Waals surface area contributed by atoms with Crippen LogP contribution in [-0.2, 0) is 19.1 Å². The highest BCUT2D eigenvalue weighted by molar-refractivity contribution is 5.78. The summed E-state index contributed by atoms with van der Waals surface area (Å²) >= 11 is 0. The molecule has 5 nitrogen and oxygen atoms in total. The molecular weight excluding hydrogens is 234 g/mol. The van der Waals surface area contributed by atoms with Crippen LogP contribution in [0.4, 0.5) is 0 Å². The van der Waals surface area contributed by atoms with Crippen molar-refractivity contribution in [2.24, 2.45) is 11.3 Å². The largest absolute Gasteiger partial charge is 0.469 e. The van der Waals surface area contributed by atoms with Crippen LogP contribution in [0.5, 0.6) is 0 Å². The number of hydrogen-bond donors (Lipinski definition) is 0. The minimum atomic E-state index is -0.546. The molecule has 1 rings (SSSR count). The van der Waals surface area contributed by atoms with E-state index in [0.717, 1.165) is 0 Å². The normalized spacial score (nSPS) is 29.9. The fourth-order valence-electron chi connectivity index (χ4n) is 2.40. The molecule has 1 saturated heterocycles. The zero-order valence-corrected chi connectivity index (χ0v) is 11.9. The number of ether oxygens (including phenoxy) is 2. The van der Waals surface area contributed by atoms with Crippen LogP contribution in [0.3, 0.4) is 0 Å². The molecule has 0 aromatic carbocycles. The third-order valence-electron chi connectivity index (χ3n) is 3.95. The molecule has 0 aromatic rings. The average molecular weight is 257 g/mol. The van der Waals surface area contributed by atoms with Crippen molar-refractivity contribution in [2.75, 3.05) is 26.8 Å². The van der Waals surface area contributed by atoms with Crippen molar-refractivity contribution in [1.82, 2.24) is 4.90 Å². The first-order chi connectivity index (χ1) is 8.36. The van der Waals surface area contributed by atoms with Crippen LogP contribution in [0, 0.1) is 11.3 Å². The summed E-state index contributed by atoms with van der Waals surface area (Å²) in [5, 5.41) is 0. The maximum atomic E-state index is 11.8. The molecule has 0 aliphatic carbocycles. The predicted molar refractivity (Wildman–Crippen MR) is 67.0 cm³/mol. The van der Waals surface area contributed by atoms with Gasteiger partial charge in [0.05, 0.1) is 19.1 Å². The number of nitrogens with zero attached hydrogens (tertiary/aromatic N) is 1. The molecular formula is C13H23NO4. The monoisotopic (exact) mass is 257 g/mol. The zero-order valence-electron chi connectivity index (χ0n) is 11.9. The molecule has 1 aliphatic rings. The van der Waals surface area contributed by atoms with Crippen LogP contribution < -0.4 is 0 Å². The SMILES string of the molecule is CCOC(=O)[C@@H](C)N1C[C@@H](C)[C@](C)(C(=O)OC)C1. The van der Waals surface area contributed by atoms with Gasteiger partial charge in [-0.1, -0.05) is 6.92 Å². The fourth-order valence-corrected chi connectivity index (χ4v) is 2.40. The maximum absolute atomic E-state index is 11.8. The molecule has 0 unspecified atom stereocenters. The summed E-state index contributed by atoms with van der Waals surface area (Å²) < 4.78 is 9.87. The second-order valence-electron chi connectivity index (χ2n) is 5.17. The molecule has 0 aromatic heterocycles. The van der Waals surface area contributed by atoms with E-state index in [4.69, 9.17) is 9.47 Å². The second kappa shape index (κ2) is 5.69. The van der Waals surface area contributed by atoms with Gasteiger partial charge in [0, 0.05) is 13.1 Å². The Morgan fingerprint density at radius 1 is 1.50 bits per heavy atom. The summed E-state index contributed by atoms with van der Waals surface area (Å²) in [6.45, 7) is 9.10. The summed E-state index contributed by atoms with van der Waals surface area (Å²) in [5.74, 6) is -0.297. The Bertz CT molecular complexity index is 331. The van der Waals surface area contributed by atoms with Crippen LogP contribution in [0.25, 0.3) is 0 Å². The molecule has 1 aliphatic heterocycles. The number of carbonyl (C=O) groups is 2. The van der Waals surface area contributed by atoms with Crippen molar-refractivity contribution in [1.29, 1.82) is 0 Å². The molecule has 0 saturated carbocycles. The van der Waals surface area contributed by atoms with Gasteiger partial charge in [-0.05, 0) is 26.7 Å². The first kappa shape index (κ1) is 15.0. The molecule has 1 fully saturated rings. The van der Waals surface area contributed by atoms with Gasteiger partial charge >= 0.3 is 11.9 Å². The number of carbonyl (C=O) groups excluding carboxylic acids is 2. The van der Waals surface area contributed by atoms with E-state index in [0.29, 0.717) is 19.7 Å². The van der Waals surface area contributed by atoms with E-state index in [2.05, 4.69) is 0 Å². The van der Waals surface area contributed by atoms with Crippen LogP contribution in [0.1, 0.15) is 27.7 Å². The lowest BCUT2D eigenvalue weighted by Crippen LogP contribution is -2.41. The summed E-state index contributed by atoms with van der Waals surface area (Å²) in [6.07, 6.45) is 0. The van der Waals surface area contributed by atoms with Crippen molar-refractivity contribution in [3.05, 3.63) is 0 Å². The predicted octanol–water partition coefficient (Wildman–Crippen LogP) is 1.07. The molecule has 0 amide bonds. The Labute approximate surface area is 108 Å². The van der Waals surface area contributed by atoms with Gasteiger partial charge in [-0.15, -0.1) is 0 Å². The number of methoxy groups -OCH3 is 1. The van der Waals surface area contributed by atoms with E-state index in [-0.39, 0.29) is 23.9 Å². The molecule has 3 atom stereocenters. The second-order valence-corrected chi connectivity index (χ2v) is 5.17. The minimum Gasteiger partial charge on any atom is -0.469 e. The first-order valence-electron chi connectivity index (χ1n) is 6.36. The van der Waals surface area contributed by atoms with Crippen molar-refractivity contribution < 1.29 is 19.1 Å². The zero-order chi connectivity index (χ0) is 13.9. The highest BCUT2D eigenvalue weighted by Gasteiger charge is 2.49. The van der Waals surface area contributed by atoms with E-state index in [1.54, 1.807) is 6.92 Å². The Kier molecular flexibility index (Phi) is 4.73. The highest BCUT2D eigenvalue weighted by Crippen LogP contribution is 2.37. The molecule has 18 heavy (non-hydrogen) atoms. The van der Waals surface area contributed by atoms with Gasteiger partial charge in [-0.2, -0.15) is 0 Å². The smallest absolute Gasteiger partial charge is 0.323 e. The average Bonchev–Trinajstić information content (AvgIpc) is 2.65.